The highest BCUT2D eigenvalue weighted by Gasteiger charge is 2.25. The van der Waals surface area contributed by atoms with Crippen molar-refractivity contribution in [1.82, 2.24) is 9.88 Å². The summed E-state index contributed by atoms with van der Waals surface area (Å²) in [6.07, 6.45) is 5.87. The highest BCUT2D eigenvalue weighted by atomic mass is 16.3. The summed E-state index contributed by atoms with van der Waals surface area (Å²) >= 11 is 0. The molecule has 0 bridgehead atoms. The van der Waals surface area contributed by atoms with Gasteiger partial charge in [-0.3, -0.25) is 9.89 Å². The number of hydrogen-bond donors (Lipinski definition) is 2. The number of guanidine groups is 1. The molecule has 1 saturated heterocycles. The van der Waals surface area contributed by atoms with Gasteiger partial charge >= 0.3 is 0 Å². The van der Waals surface area contributed by atoms with Crippen molar-refractivity contribution in [2.75, 3.05) is 25.0 Å². The molecular formula is C16H21N5O. The summed E-state index contributed by atoms with van der Waals surface area (Å²) < 4.78 is 5.57. The third-order valence-electron chi connectivity index (χ3n) is 3.81. The number of nitrogens with zero attached hydrogens (tertiary/aromatic N) is 3. The summed E-state index contributed by atoms with van der Waals surface area (Å²) in [5, 5.41) is 3.00. The fraction of sp³-hybridized carbons (Fsp3) is 0.375. The maximum Gasteiger partial charge on any atom is 0.194 e. The molecule has 0 radical (unpaired) electrons. The number of furan rings is 1. The molecule has 3 heterocycles. The van der Waals surface area contributed by atoms with Crippen molar-refractivity contribution >= 4 is 11.8 Å². The molecule has 6 heteroatoms. The van der Waals surface area contributed by atoms with E-state index in [9.17, 15) is 0 Å². The van der Waals surface area contributed by atoms with E-state index in [2.05, 4.69) is 20.2 Å². The molecule has 1 fully saturated rings. The lowest BCUT2D eigenvalue weighted by Gasteiger charge is -2.24. The Morgan fingerprint density at radius 2 is 2.18 bits per heavy atom. The minimum Gasteiger partial charge on any atom is -0.468 e. The summed E-state index contributed by atoms with van der Waals surface area (Å²) in [5.41, 5.74) is 5.96. The molecule has 22 heavy (non-hydrogen) atoms. The van der Waals surface area contributed by atoms with Crippen molar-refractivity contribution in [1.29, 1.82) is 0 Å². The van der Waals surface area contributed by atoms with Crippen molar-refractivity contribution in [2.24, 2.45) is 10.7 Å². The molecule has 3 rings (SSSR count). The molecule has 3 N–H and O–H groups in total. The molecule has 0 amide bonds. The normalized spacial score (nSPS) is 17.5. The molecule has 2 aromatic rings. The monoisotopic (exact) mass is 299 g/mol. The molecule has 6 nitrogen and oxygen atoms in total. The number of nitrogens with one attached hydrogen (secondary N) is 1. The maximum absolute atomic E-state index is 5.96. The van der Waals surface area contributed by atoms with Crippen LogP contribution in [-0.4, -0.2) is 35.5 Å². The fourth-order valence-corrected chi connectivity index (χ4v) is 2.71. The Labute approximate surface area is 130 Å². The van der Waals surface area contributed by atoms with E-state index in [1.54, 1.807) is 12.5 Å². The summed E-state index contributed by atoms with van der Waals surface area (Å²) in [5.74, 6) is 2.00. The zero-order valence-electron chi connectivity index (χ0n) is 12.5. The molecule has 1 aliphatic rings. The second-order valence-electron chi connectivity index (χ2n) is 5.34. The van der Waals surface area contributed by atoms with Crippen LogP contribution in [0, 0.1) is 0 Å². The predicted octanol–water partition coefficient (Wildman–Crippen LogP) is 2.24. The molecule has 0 aromatic carbocycles. The predicted molar refractivity (Wildman–Crippen MR) is 86.6 cm³/mol. The van der Waals surface area contributed by atoms with Gasteiger partial charge in [0.25, 0.3) is 0 Å². The van der Waals surface area contributed by atoms with Crippen LogP contribution in [0.15, 0.2) is 52.2 Å². The van der Waals surface area contributed by atoms with E-state index < -0.39 is 0 Å². The van der Waals surface area contributed by atoms with Gasteiger partial charge in [-0.2, -0.15) is 0 Å². The molecule has 0 saturated carbocycles. The van der Waals surface area contributed by atoms with Crippen molar-refractivity contribution < 1.29 is 4.42 Å². The largest absolute Gasteiger partial charge is 0.468 e. The van der Waals surface area contributed by atoms with Crippen LogP contribution in [0.5, 0.6) is 0 Å². The first-order chi connectivity index (χ1) is 10.8. The molecular weight excluding hydrogens is 278 g/mol. The Bertz CT molecular complexity index is 590. The van der Waals surface area contributed by atoms with Gasteiger partial charge in [-0.1, -0.05) is 6.07 Å². The first kappa shape index (κ1) is 14.6. The van der Waals surface area contributed by atoms with Crippen LogP contribution in [0.2, 0.25) is 0 Å². The highest BCUT2D eigenvalue weighted by Crippen LogP contribution is 2.25. The zero-order chi connectivity index (χ0) is 15.2. The van der Waals surface area contributed by atoms with E-state index in [1.165, 1.54) is 12.8 Å². The molecule has 116 valence electrons. The standard InChI is InChI=1S/C16H21N5O/c17-16(20-15-7-1-2-8-18-15)19-12-13(14-6-5-11-22-14)21-9-3-4-10-21/h1-2,5-8,11,13H,3-4,9-10,12H2,(H3,17,18,19,20). The molecule has 0 spiro atoms. The highest BCUT2D eigenvalue weighted by molar-refractivity contribution is 5.91. The van der Waals surface area contributed by atoms with Crippen molar-refractivity contribution in [2.45, 2.75) is 18.9 Å². The van der Waals surface area contributed by atoms with Crippen molar-refractivity contribution in [3.63, 3.8) is 0 Å². The quantitative estimate of drug-likeness (QED) is 0.654. The van der Waals surface area contributed by atoms with Gasteiger partial charge in [0.15, 0.2) is 5.96 Å². The smallest absolute Gasteiger partial charge is 0.194 e. The SMILES string of the molecule is NC(=NCC(c1ccco1)N1CCCC1)Nc1ccccn1. The van der Waals surface area contributed by atoms with Gasteiger partial charge in [-0.05, 0) is 50.2 Å². The van der Waals surface area contributed by atoms with Gasteiger partial charge < -0.3 is 15.5 Å². The van der Waals surface area contributed by atoms with Crippen LogP contribution in [-0.2, 0) is 0 Å². The third kappa shape index (κ3) is 3.65. The molecule has 1 atom stereocenters. The maximum atomic E-state index is 5.96. The van der Waals surface area contributed by atoms with Crippen molar-refractivity contribution in [3.05, 3.63) is 48.6 Å². The fourth-order valence-electron chi connectivity index (χ4n) is 2.71. The summed E-state index contributed by atoms with van der Waals surface area (Å²) in [6.45, 7) is 2.72. The second-order valence-corrected chi connectivity index (χ2v) is 5.34. The lowest BCUT2D eigenvalue weighted by molar-refractivity contribution is 0.221. The van der Waals surface area contributed by atoms with Crippen LogP contribution >= 0.6 is 0 Å². The number of rotatable bonds is 5. The van der Waals surface area contributed by atoms with E-state index >= 15 is 0 Å². The first-order valence-corrected chi connectivity index (χ1v) is 7.58. The second kappa shape index (κ2) is 7.09. The Morgan fingerprint density at radius 3 is 2.86 bits per heavy atom. The minimum atomic E-state index is 0.140. The van der Waals surface area contributed by atoms with E-state index in [4.69, 9.17) is 10.2 Å². The first-order valence-electron chi connectivity index (χ1n) is 7.58. The lowest BCUT2D eigenvalue weighted by atomic mass is 10.2. The van der Waals surface area contributed by atoms with Gasteiger partial charge in [0.05, 0.1) is 18.8 Å². The zero-order valence-corrected chi connectivity index (χ0v) is 12.5. The summed E-state index contributed by atoms with van der Waals surface area (Å²) in [7, 11) is 0. The Kier molecular flexibility index (Phi) is 4.70. The minimum absolute atomic E-state index is 0.140. The summed E-state index contributed by atoms with van der Waals surface area (Å²) in [6, 6.07) is 9.67. The van der Waals surface area contributed by atoms with E-state index in [-0.39, 0.29) is 6.04 Å². The van der Waals surface area contributed by atoms with Crippen LogP contribution in [0.1, 0.15) is 24.6 Å². The molecule has 1 aliphatic heterocycles. The Balaban J connectivity index is 1.66. The van der Waals surface area contributed by atoms with E-state index in [0.717, 1.165) is 18.8 Å². The van der Waals surface area contributed by atoms with Crippen LogP contribution < -0.4 is 11.1 Å². The number of aliphatic imine (C=N–C) groups is 1. The van der Waals surface area contributed by atoms with Gasteiger partial charge in [0, 0.05) is 6.20 Å². The number of likely N-dealkylation sites (tertiary alicyclic amines) is 1. The van der Waals surface area contributed by atoms with Crippen LogP contribution in [0.4, 0.5) is 5.82 Å². The Hall–Kier alpha value is -2.34. The van der Waals surface area contributed by atoms with Gasteiger partial charge in [0.2, 0.25) is 0 Å². The molecule has 0 aliphatic carbocycles. The van der Waals surface area contributed by atoms with Gasteiger partial charge in [-0.15, -0.1) is 0 Å². The molecule has 1 unspecified atom stereocenters. The van der Waals surface area contributed by atoms with Crippen LogP contribution in [0.3, 0.4) is 0 Å². The third-order valence-corrected chi connectivity index (χ3v) is 3.81. The average Bonchev–Trinajstić information content (AvgIpc) is 3.22. The lowest BCUT2D eigenvalue weighted by Crippen LogP contribution is -2.30. The van der Waals surface area contributed by atoms with E-state index in [1.807, 2.05) is 30.3 Å². The number of anilines is 1. The molecule has 2 aromatic heterocycles. The van der Waals surface area contributed by atoms with E-state index in [0.29, 0.717) is 18.3 Å². The number of hydrogen-bond acceptors (Lipinski definition) is 4. The van der Waals surface area contributed by atoms with Gasteiger partial charge in [0.1, 0.15) is 11.6 Å². The van der Waals surface area contributed by atoms with Crippen LogP contribution in [0.25, 0.3) is 0 Å². The number of pyridine rings is 1. The average molecular weight is 299 g/mol. The van der Waals surface area contributed by atoms with Crippen molar-refractivity contribution in [3.8, 4) is 0 Å². The number of nitrogens with two attached hydrogens (primary N) is 1. The van der Waals surface area contributed by atoms with Gasteiger partial charge in [-0.25, -0.2) is 4.98 Å². The number of aromatic nitrogens is 1. The summed E-state index contributed by atoms with van der Waals surface area (Å²) in [4.78, 5) is 11.0. The Morgan fingerprint density at radius 1 is 1.32 bits per heavy atom. The topological polar surface area (TPSA) is 79.7 Å².